The third-order valence-electron chi connectivity index (χ3n) is 4.47. The predicted octanol–water partition coefficient (Wildman–Crippen LogP) is 4.36. The Hall–Kier alpha value is -2.55. The topological polar surface area (TPSA) is 81.7 Å². The molecule has 1 heterocycles. The van der Waals surface area contributed by atoms with Gasteiger partial charge in [-0.25, -0.2) is 8.42 Å². The summed E-state index contributed by atoms with van der Waals surface area (Å²) in [6, 6.07) is 14.3. The van der Waals surface area contributed by atoms with Crippen molar-refractivity contribution in [3.8, 4) is 11.5 Å². The summed E-state index contributed by atoms with van der Waals surface area (Å²) in [5, 5.41) is 4.05. The van der Waals surface area contributed by atoms with E-state index in [2.05, 4.69) is 5.32 Å². The lowest BCUT2D eigenvalue weighted by atomic mass is 10.2. The molecule has 0 saturated carbocycles. The SMILES string of the molecule is COc1ccc(C(=O)NCC(c2cccs2)S(=O)(=O)c2ccc(Cl)cc2)cc1OC. The fourth-order valence-electron chi connectivity index (χ4n) is 2.89. The number of rotatable bonds is 8. The second-order valence-corrected chi connectivity index (χ2v) is 9.83. The zero-order valence-electron chi connectivity index (χ0n) is 16.3. The average molecular weight is 466 g/mol. The minimum absolute atomic E-state index is 0.0847. The Kier molecular flexibility index (Phi) is 7.02. The Labute approximate surface area is 184 Å². The summed E-state index contributed by atoms with van der Waals surface area (Å²) >= 11 is 7.21. The molecule has 9 heteroatoms. The normalized spacial score (nSPS) is 12.2. The first-order chi connectivity index (χ1) is 14.4. The molecule has 0 radical (unpaired) electrons. The number of hydrogen-bond acceptors (Lipinski definition) is 6. The molecule has 1 atom stereocenters. The summed E-state index contributed by atoms with van der Waals surface area (Å²) in [7, 11) is -0.768. The van der Waals surface area contributed by atoms with Gasteiger partial charge >= 0.3 is 0 Å². The number of sulfone groups is 1. The van der Waals surface area contributed by atoms with Gasteiger partial charge in [-0.1, -0.05) is 17.7 Å². The van der Waals surface area contributed by atoms with Crippen LogP contribution in [-0.2, 0) is 9.84 Å². The second kappa shape index (κ2) is 9.51. The average Bonchev–Trinajstić information content (AvgIpc) is 3.27. The summed E-state index contributed by atoms with van der Waals surface area (Å²) < 4.78 is 36.9. The number of ether oxygens (including phenoxy) is 2. The lowest BCUT2D eigenvalue weighted by Gasteiger charge is -2.18. The fourth-order valence-corrected chi connectivity index (χ4v) is 5.80. The van der Waals surface area contributed by atoms with Gasteiger partial charge in [-0.05, 0) is 53.9 Å². The van der Waals surface area contributed by atoms with Gasteiger partial charge in [0.15, 0.2) is 21.3 Å². The molecule has 0 fully saturated rings. The first kappa shape index (κ1) is 22.1. The predicted molar refractivity (Wildman–Crippen MR) is 118 cm³/mol. The third kappa shape index (κ3) is 4.77. The van der Waals surface area contributed by atoms with Crippen molar-refractivity contribution in [2.75, 3.05) is 20.8 Å². The van der Waals surface area contributed by atoms with Crippen molar-refractivity contribution in [2.45, 2.75) is 10.1 Å². The van der Waals surface area contributed by atoms with E-state index in [9.17, 15) is 13.2 Å². The maximum atomic E-state index is 13.3. The van der Waals surface area contributed by atoms with Gasteiger partial charge in [-0.15, -0.1) is 11.3 Å². The molecule has 1 amide bonds. The molecule has 0 aliphatic heterocycles. The van der Waals surface area contributed by atoms with Gasteiger partial charge in [0, 0.05) is 22.0 Å². The van der Waals surface area contributed by atoms with Crippen molar-refractivity contribution in [1.29, 1.82) is 0 Å². The van der Waals surface area contributed by atoms with Crippen LogP contribution >= 0.6 is 22.9 Å². The zero-order chi connectivity index (χ0) is 21.7. The van der Waals surface area contributed by atoms with E-state index in [1.165, 1.54) is 49.8 Å². The minimum Gasteiger partial charge on any atom is -0.493 e. The number of benzene rings is 2. The molecular weight excluding hydrogens is 446 g/mol. The molecule has 0 bridgehead atoms. The van der Waals surface area contributed by atoms with Gasteiger partial charge in [-0.2, -0.15) is 0 Å². The number of carbonyl (C=O) groups is 1. The third-order valence-corrected chi connectivity index (χ3v) is 7.96. The Morgan fingerprint density at radius 3 is 2.37 bits per heavy atom. The van der Waals surface area contributed by atoms with Crippen molar-refractivity contribution >= 4 is 38.7 Å². The van der Waals surface area contributed by atoms with E-state index < -0.39 is 21.0 Å². The van der Waals surface area contributed by atoms with Crippen molar-refractivity contribution in [2.24, 2.45) is 0 Å². The van der Waals surface area contributed by atoms with Crippen LogP contribution in [0.25, 0.3) is 0 Å². The van der Waals surface area contributed by atoms with Crippen LogP contribution in [0.1, 0.15) is 20.5 Å². The van der Waals surface area contributed by atoms with Gasteiger partial charge < -0.3 is 14.8 Å². The highest BCUT2D eigenvalue weighted by Gasteiger charge is 2.30. The molecule has 0 aliphatic carbocycles. The number of amides is 1. The van der Waals surface area contributed by atoms with Gasteiger partial charge in [0.2, 0.25) is 0 Å². The van der Waals surface area contributed by atoms with Gasteiger partial charge in [0.05, 0.1) is 19.1 Å². The largest absolute Gasteiger partial charge is 0.493 e. The summed E-state index contributed by atoms with van der Waals surface area (Å²) in [6.07, 6.45) is 0. The van der Waals surface area contributed by atoms with E-state index in [1.807, 2.05) is 0 Å². The van der Waals surface area contributed by atoms with E-state index in [0.29, 0.717) is 27.0 Å². The molecule has 3 aromatic rings. The number of halogens is 1. The Bertz CT molecular complexity index is 1110. The number of methoxy groups -OCH3 is 2. The quantitative estimate of drug-likeness (QED) is 0.534. The summed E-state index contributed by atoms with van der Waals surface area (Å²) in [5.41, 5.74) is 0.335. The van der Waals surface area contributed by atoms with E-state index in [1.54, 1.807) is 35.7 Å². The molecule has 1 unspecified atom stereocenters. The summed E-state index contributed by atoms with van der Waals surface area (Å²) in [5.74, 6) is 0.494. The molecule has 1 N–H and O–H groups in total. The van der Waals surface area contributed by atoms with Crippen LogP contribution in [0.2, 0.25) is 5.02 Å². The van der Waals surface area contributed by atoms with E-state index in [0.717, 1.165) is 0 Å². The molecule has 1 aromatic heterocycles. The monoisotopic (exact) mass is 465 g/mol. The Balaban J connectivity index is 1.85. The molecule has 0 aliphatic rings. The summed E-state index contributed by atoms with van der Waals surface area (Å²) in [6.45, 7) is -0.0847. The molecule has 30 heavy (non-hydrogen) atoms. The maximum Gasteiger partial charge on any atom is 0.251 e. The van der Waals surface area contributed by atoms with E-state index in [4.69, 9.17) is 21.1 Å². The van der Waals surface area contributed by atoms with Crippen LogP contribution in [0.5, 0.6) is 11.5 Å². The van der Waals surface area contributed by atoms with Crippen molar-refractivity contribution in [1.82, 2.24) is 5.32 Å². The fraction of sp³-hybridized carbons (Fsp3) is 0.190. The first-order valence-corrected chi connectivity index (χ1v) is 11.7. The van der Waals surface area contributed by atoms with Crippen LogP contribution in [-0.4, -0.2) is 35.1 Å². The van der Waals surface area contributed by atoms with Gasteiger partial charge in [0.25, 0.3) is 5.91 Å². The molecule has 2 aromatic carbocycles. The van der Waals surface area contributed by atoms with Crippen LogP contribution in [0.4, 0.5) is 0 Å². The van der Waals surface area contributed by atoms with Crippen LogP contribution in [0.3, 0.4) is 0 Å². The molecule has 6 nitrogen and oxygen atoms in total. The smallest absolute Gasteiger partial charge is 0.251 e. The number of carbonyl (C=O) groups excluding carboxylic acids is 1. The number of nitrogens with one attached hydrogen (secondary N) is 1. The highest BCUT2D eigenvalue weighted by atomic mass is 35.5. The standard InChI is InChI=1S/C21H20ClNO5S2/c1-27-17-10-5-14(12-18(17)28-2)21(24)23-13-20(19-4-3-11-29-19)30(25,26)16-8-6-15(22)7-9-16/h3-12,20H,13H2,1-2H3,(H,23,24). The van der Waals surface area contributed by atoms with Crippen molar-refractivity contribution in [3.63, 3.8) is 0 Å². The minimum atomic E-state index is -3.75. The second-order valence-electron chi connectivity index (χ2n) is 6.28. The molecular formula is C21H20ClNO5S2. The molecule has 158 valence electrons. The highest BCUT2D eigenvalue weighted by Crippen LogP contribution is 2.32. The van der Waals surface area contributed by atoms with Gasteiger partial charge in [-0.3, -0.25) is 4.79 Å². The van der Waals surface area contributed by atoms with E-state index in [-0.39, 0.29) is 11.4 Å². The number of hydrogen-bond donors (Lipinski definition) is 1. The van der Waals surface area contributed by atoms with Gasteiger partial charge in [0.1, 0.15) is 5.25 Å². The van der Waals surface area contributed by atoms with Crippen LogP contribution in [0, 0.1) is 0 Å². The first-order valence-electron chi connectivity index (χ1n) is 8.90. The lowest BCUT2D eigenvalue weighted by molar-refractivity contribution is 0.0953. The molecule has 3 rings (SSSR count). The highest BCUT2D eigenvalue weighted by molar-refractivity contribution is 7.91. The Morgan fingerprint density at radius 2 is 1.77 bits per heavy atom. The van der Waals surface area contributed by atoms with Crippen LogP contribution < -0.4 is 14.8 Å². The maximum absolute atomic E-state index is 13.3. The van der Waals surface area contributed by atoms with Crippen LogP contribution in [0.15, 0.2) is 64.9 Å². The Morgan fingerprint density at radius 1 is 1.07 bits per heavy atom. The van der Waals surface area contributed by atoms with Crippen molar-refractivity contribution < 1.29 is 22.7 Å². The number of thiophene rings is 1. The van der Waals surface area contributed by atoms with Crippen molar-refractivity contribution in [3.05, 3.63) is 75.4 Å². The molecule has 0 saturated heterocycles. The zero-order valence-corrected chi connectivity index (χ0v) is 18.7. The summed E-state index contributed by atoms with van der Waals surface area (Å²) in [4.78, 5) is 13.5. The van der Waals surface area contributed by atoms with E-state index >= 15 is 0 Å². The lowest BCUT2D eigenvalue weighted by Crippen LogP contribution is -2.31. The molecule has 0 spiro atoms.